The van der Waals surface area contributed by atoms with Crippen molar-refractivity contribution in [3.05, 3.63) is 18.1 Å². The van der Waals surface area contributed by atoms with Crippen molar-refractivity contribution in [1.82, 2.24) is 9.97 Å². The van der Waals surface area contributed by atoms with Crippen molar-refractivity contribution in [3.63, 3.8) is 0 Å². The molecule has 4 heteroatoms. The van der Waals surface area contributed by atoms with Crippen LogP contribution in [-0.2, 0) is 0 Å². The number of aromatic nitrogens is 2. The quantitative estimate of drug-likeness (QED) is 0.726. The van der Waals surface area contributed by atoms with E-state index in [1.54, 1.807) is 6.07 Å². The molecule has 0 unspecified atom stereocenters. The minimum atomic E-state index is 0.376. The molecule has 14 heavy (non-hydrogen) atoms. The molecule has 0 aliphatic carbocycles. The van der Waals surface area contributed by atoms with Gasteiger partial charge in [0.1, 0.15) is 23.9 Å². The normalized spacial score (nSPS) is 9.93. The van der Waals surface area contributed by atoms with Gasteiger partial charge in [0.05, 0.1) is 0 Å². The molecule has 0 aliphatic rings. The molecule has 0 aromatic carbocycles. The summed E-state index contributed by atoms with van der Waals surface area (Å²) < 4.78 is 0. The highest BCUT2D eigenvalue weighted by molar-refractivity contribution is 5.42. The SMILES string of the molecule is CCN(c1cc(C#N)ncn1)C(C)C. The largest absolute Gasteiger partial charge is 0.354 e. The van der Waals surface area contributed by atoms with Crippen LogP contribution in [0.4, 0.5) is 5.82 Å². The summed E-state index contributed by atoms with van der Waals surface area (Å²) in [5, 5.41) is 8.70. The Morgan fingerprint density at radius 3 is 2.71 bits per heavy atom. The summed E-state index contributed by atoms with van der Waals surface area (Å²) in [6.45, 7) is 7.13. The Kier molecular flexibility index (Phi) is 3.41. The van der Waals surface area contributed by atoms with Gasteiger partial charge in [-0.05, 0) is 20.8 Å². The van der Waals surface area contributed by atoms with Crippen LogP contribution in [0.2, 0.25) is 0 Å². The molecule has 0 atom stereocenters. The van der Waals surface area contributed by atoms with Gasteiger partial charge in [-0.1, -0.05) is 0 Å². The van der Waals surface area contributed by atoms with Gasteiger partial charge in [-0.15, -0.1) is 0 Å². The molecule has 0 aliphatic heterocycles. The minimum absolute atomic E-state index is 0.376. The fraction of sp³-hybridized carbons (Fsp3) is 0.500. The molecule has 0 spiro atoms. The lowest BCUT2D eigenvalue weighted by Crippen LogP contribution is -2.31. The Bertz CT molecular complexity index is 340. The molecule has 74 valence electrons. The number of anilines is 1. The van der Waals surface area contributed by atoms with Crippen LogP contribution in [0, 0.1) is 11.3 Å². The predicted molar refractivity (Wildman–Crippen MR) is 54.9 cm³/mol. The average Bonchev–Trinajstić information content (AvgIpc) is 2.19. The van der Waals surface area contributed by atoms with E-state index in [9.17, 15) is 0 Å². The number of rotatable bonds is 3. The minimum Gasteiger partial charge on any atom is -0.354 e. The van der Waals surface area contributed by atoms with Gasteiger partial charge in [-0.2, -0.15) is 5.26 Å². The van der Waals surface area contributed by atoms with Crippen molar-refractivity contribution in [2.45, 2.75) is 26.8 Å². The third-order valence-electron chi connectivity index (χ3n) is 2.03. The van der Waals surface area contributed by atoms with Crippen LogP contribution < -0.4 is 4.90 Å². The molecular weight excluding hydrogens is 176 g/mol. The molecule has 1 aromatic rings. The Morgan fingerprint density at radius 1 is 1.50 bits per heavy atom. The zero-order chi connectivity index (χ0) is 10.6. The van der Waals surface area contributed by atoms with Crippen molar-refractivity contribution >= 4 is 5.82 Å². The van der Waals surface area contributed by atoms with Crippen LogP contribution >= 0.6 is 0 Å². The van der Waals surface area contributed by atoms with Gasteiger partial charge in [0, 0.05) is 18.7 Å². The Balaban J connectivity index is 2.99. The number of hydrogen-bond acceptors (Lipinski definition) is 4. The monoisotopic (exact) mass is 190 g/mol. The maximum absolute atomic E-state index is 8.70. The summed E-state index contributed by atoms with van der Waals surface area (Å²) in [5.74, 6) is 0.814. The van der Waals surface area contributed by atoms with Crippen LogP contribution in [0.15, 0.2) is 12.4 Å². The van der Waals surface area contributed by atoms with E-state index in [1.807, 2.05) is 6.07 Å². The van der Waals surface area contributed by atoms with E-state index in [0.29, 0.717) is 11.7 Å². The van der Waals surface area contributed by atoms with E-state index in [4.69, 9.17) is 5.26 Å². The first-order valence-corrected chi connectivity index (χ1v) is 4.67. The molecule has 0 saturated heterocycles. The molecule has 1 rings (SSSR count). The van der Waals surface area contributed by atoms with E-state index in [0.717, 1.165) is 12.4 Å². The zero-order valence-corrected chi connectivity index (χ0v) is 8.73. The third kappa shape index (κ3) is 2.19. The predicted octanol–water partition coefficient (Wildman–Crippen LogP) is 1.58. The summed E-state index contributed by atoms with van der Waals surface area (Å²) in [6, 6.07) is 4.10. The fourth-order valence-corrected chi connectivity index (χ4v) is 1.36. The molecule has 0 amide bonds. The van der Waals surface area contributed by atoms with Gasteiger partial charge in [-0.3, -0.25) is 0 Å². The van der Waals surface area contributed by atoms with Crippen LogP contribution in [0.1, 0.15) is 26.5 Å². The van der Waals surface area contributed by atoms with Gasteiger partial charge in [0.15, 0.2) is 0 Å². The second-order valence-electron chi connectivity index (χ2n) is 3.25. The van der Waals surface area contributed by atoms with E-state index < -0.39 is 0 Å². The molecule has 0 N–H and O–H groups in total. The standard InChI is InChI=1S/C10H14N4/c1-4-14(8(2)3)10-5-9(6-11)12-7-13-10/h5,7-8H,4H2,1-3H3. The maximum atomic E-state index is 8.70. The maximum Gasteiger partial charge on any atom is 0.145 e. The summed E-state index contributed by atoms with van der Waals surface area (Å²) in [4.78, 5) is 10.1. The first kappa shape index (κ1) is 10.5. The van der Waals surface area contributed by atoms with E-state index in [1.165, 1.54) is 6.33 Å². The van der Waals surface area contributed by atoms with Crippen molar-refractivity contribution in [1.29, 1.82) is 5.26 Å². The zero-order valence-electron chi connectivity index (χ0n) is 8.73. The van der Waals surface area contributed by atoms with Crippen LogP contribution in [0.25, 0.3) is 0 Å². The smallest absolute Gasteiger partial charge is 0.145 e. The van der Waals surface area contributed by atoms with Crippen molar-refractivity contribution in [2.75, 3.05) is 11.4 Å². The van der Waals surface area contributed by atoms with Crippen LogP contribution in [0.3, 0.4) is 0 Å². The van der Waals surface area contributed by atoms with Gasteiger partial charge >= 0.3 is 0 Å². The number of nitrogens with zero attached hydrogens (tertiary/aromatic N) is 4. The first-order valence-electron chi connectivity index (χ1n) is 4.67. The molecule has 1 heterocycles. The molecule has 4 nitrogen and oxygen atoms in total. The lowest BCUT2D eigenvalue weighted by molar-refractivity contribution is 0.691. The number of hydrogen-bond donors (Lipinski definition) is 0. The molecular formula is C10H14N4. The molecule has 1 aromatic heterocycles. The van der Waals surface area contributed by atoms with Gasteiger partial charge in [0.2, 0.25) is 0 Å². The van der Waals surface area contributed by atoms with Crippen LogP contribution in [-0.4, -0.2) is 22.6 Å². The van der Waals surface area contributed by atoms with Gasteiger partial charge in [-0.25, -0.2) is 9.97 Å². The van der Waals surface area contributed by atoms with Crippen molar-refractivity contribution in [2.24, 2.45) is 0 Å². The Labute approximate surface area is 84.2 Å². The summed E-state index contributed by atoms with van der Waals surface area (Å²) in [6.07, 6.45) is 1.43. The second-order valence-corrected chi connectivity index (χ2v) is 3.25. The fourth-order valence-electron chi connectivity index (χ4n) is 1.36. The van der Waals surface area contributed by atoms with E-state index in [2.05, 4.69) is 35.6 Å². The summed E-state index contributed by atoms with van der Waals surface area (Å²) >= 11 is 0. The van der Waals surface area contributed by atoms with Gasteiger partial charge < -0.3 is 4.90 Å². The molecule has 0 saturated carbocycles. The summed E-state index contributed by atoms with van der Waals surface area (Å²) in [7, 11) is 0. The molecule has 0 fully saturated rings. The van der Waals surface area contributed by atoms with Gasteiger partial charge in [0.25, 0.3) is 0 Å². The summed E-state index contributed by atoms with van der Waals surface area (Å²) in [5.41, 5.74) is 0.411. The Hall–Kier alpha value is -1.63. The van der Waals surface area contributed by atoms with E-state index in [-0.39, 0.29) is 0 Å². The highest BCUT2D eigenvalue weighted by Gasteiger charge is 2.09. The lowest BCUT2D eigenvalue weighted by Gasteiger charge is -2.25. The third-order valence-corrected chi connectivity index (χ3v) is 2.03. The highest BCUT2D eigenvalue weighted by atomic mass is 15.2. The topological polar surface area (TPSA) is 52.8 Å². The van der Waals surface area contributed by atoms with Crippen molar-refractivity contribution in [3.8, 4) is 6.07 Å². The first-order chi connectivity index (χ1) is 6.69. The highest BCUT2D eigenvalue weighted by Crippen LogP contribution is 2.13. The van der Waals surface area contributed by atoms with E-state index >= 15 is 0 Å². The average molecular weight is 190 g/mol. The lowest BCUT2D eigenvalue weighted by atomic mass is 10.3. The van der Waals surface area contributed by atoms with Crippen molar-refractivity contribution < 1.29 is 0 Å². The van der Waals surface area contributed by atoms with Crippen LogP contribution in [0.5, 0.6) is 0 Å². The molecule has 0 bridgehead atoms. The second kappa shape index (κ2) is 4.56. The molecule has 0 radical (unpaired) electrons. The Morgan fingerprint density at radius 2 is 2.21 bits per heavy atom. The number of nitriles is 1.